The van der Waals surface area contributed by atoms with Crippen molar-refractivity contribution in [2.75, 3.05) is 12.4 Å². The van der Waals surface area contributed by atoms with Crippen LogP contribution in [0.15, 0.2) is 36.4 Å². The van der Waals surface area contributed by atoms with Gasteiger partial charge < -0.3 is 10.1 Å². The van der Waals surface area contributed by atoms with Crippen LogP contribution in [0.2, 0.25) is 0 Å². The molecule has 0 radical (unpaired) electrons. The minimum atomic E-state index is -0.0158. The number of ether oxygens (including phenoxy) is 1. The Morgan fingerprint density at radius 1 is 1.26 bits per heavy atom. The molecule has 0 aliphatic heterocycles. The largest absolute Gasteiger partial charge is 0.480 e. The Bertz CT molecular complexity index is 567. The molecule has 0 saturated carbocycles. The van der Waals surface area contributed by atoms with Crippen LogP contribution in [-0.4, -0.2) is 23.2 Å². The summed E-state index contributed by atoms with van der Waals surface area (Å²) in [5.74, 6) is 0.456. The lowest BCUT2D eigenvalue weighted by Gasteiger charge is -2.06. The second-order valence-electron chi connectivity index (χ2n) is 3.94. The second kappa shape index (κ2) is 5.95. The zero-order chi connectivity index (χ0) is 13.7. The maximum atomic E-state index is 11.4. The van der Waals surface area contributed by atoms with Gasteiger partial charge in [-0.2, -0.15) is 0 Å². The third kappa shape index (κ3) is 3.28. The van der Waals surface area contributed by atoms with Gasteiger partial charge in [0.1, 0.15) is 0 Å². The van der Waals surface area contributed by atoms with E-state index in [-0.39, 0.29) is 5.91 Å². The van der Waals surface area contributed by atoms with E-state index in [1.807, 2.05) is 37.3 Å². The fourth-order valence-electron chi connectivity index (χ4n) is 1.59. The smallest absolute Gasteiger partial charge is 0.233 e. The number of nitrogens with zero attached hydrogens (tertiary/aromatic N) is 2. The first kappa shape index (κ1) is 13.0. The lowest BCUT2D eigenvalue weighted by molar-refractivity contribution is -0.115. The molecule has 0 bridgehead atoms. The van der Waals surface area contributed by atoms with Crippen LogP contribution in [0.4, 0.5) is 5.69 Å². The predicted molar refractivity (Wildman–Crippen MR) is 72.9 cm³/mol. The maximum absolute atomic E-state index is 11.4. The summed E-state index contributed by atoms with van der Waals surface area (Å²) < 4.78 is 4.97. The Morgan fingerprint density at radius 2 is 2.11 bits per heavy atom. The van der Waals surface area contributed by atoms with Crippen molar-refractivity contribution in [1.29, 1.82) is 0 Å². The highest BCUT2D eigenvalue weighted by molar-refractivity contribution is 5.91. The summed E-state index contributed by atoms with van der Waals surface area (Å²) in [6.45, 7) is 1.81. The topological polar surface area (TPSA) is 64.1 Å². The minimum absolute atomic E-state index is 0.0158. The van der Waals surface area contributed by atoms with Crippen molar-refractivity contribution in [3.63, 3.8) is 0 Å². The van der Waals surface area contributed by atoms with Gasteiger partial charge in [0.15, 0.2) is 0 Å². The SMILES string of the molecule is CCC(=O)Nc1cccc(-c2ccc(OC)nn2)c1. The van der Waals surface area contributed by atoms with E-state index in [0.717, 1.165) is 16.9 Å². The van der Waals surface area contributed by atoms with Crippen molar-refractivity contribution < 1.29 is 9.53 Å². The summed E-state index contributed by atoms with van der Waals surface area (Å²) in [4.78, 5) is 11.4. The van der Waals surface area contributed by atoms with Gasteiger partial charge in [-0.1, -0.05) is 19.1 Å². The average molecular weight is 257 g/mol. The molecule has 2 rings (SSSR count). The second-order valence-corrected chi connectivity index (χ2v) is 3.94. The van der Waals surface area contributed by atoms with E-state index in [1.165, 1.54) is 0 Å². The van der Waals surface area contributed by atoms with Crippen LogP contribution in [-0.2, 0) is 4.79 Å². The molecule has 1 aromatic heterocycles. The van der Waals surface area contributed by atoms with Crippen LogP contribution >= 0.6 is 0 Å². The maximum Gasteiger partial charge on any atom is 0.233 e. The van der Waals surface area contributed by atoms with Crippen molar-refractivity contribution in [2.24, 2.45) is 0 Å². The number of methoxy groups -OCH3 is 1. The molecule has 1 N–H and O–H groups in total. The first-order valence-corrected chi connectivity index (χ1v) is 6.01. The Kier molecular flexibility index (Phi) is 4.07. The van der Waals surface area contributed by atoms with Gasteiger partial charge in [0, 0.05) is 23.7 Å². The molecule has 0 unspecified atom stereocenters. The normalized spacial score (nSPS) is 10.0. The number of hydrogen-bond acceptors (Lipinski definition) is 4. The fraction of sp³-hybridized carbons (Fsp3) is 0.214. The van der Waals surface area contributed by atoms with E-state index < -0.39 is 0 Å². The van der Waals surface area contributed by atoms with Gasteiger partial charge in [-0.25, -0.2) is 0 Å². The Balaban J connectivity index is 2.24. The lowest BCUT2D eigenvalue weighted by Crippen LogP contribution is -2.09. The van der Waals surface area contributed by atoms with Crippen molar-refractivity contribution in [2.45, 2.75) is 13.3 Å². The molecule has 1 amide bonds. The fourth-order valence-corrected chi connectivity index (χ4v) is 1.59. The molecular formula is C14H15N3O2. The number of hydrogen-bond donors (Lipinski definition) is 1. The quantitative estimate of drug-likeness (QED) is 0.914. The Labute approximate surface area is 111 Å². The van der Waals surface area contributed by atoms with Crippen LogP contribution < -0.4 is 10.1 Å². The van der Waals surface area contributed by atoms with E-state index in [1.54, 1.807) is 13.2 Å². The van der Waals surface area contributed by atoms with Gasteiger partial charge in [0.25, 0.3) is 0 Å². The molecule has 2 aromatic rings. The van der Waals surface area contributed by atoms with Crippen LogP contribution in [0.1, 0.15) is 13.3 Å². The number of amides is 1. The summed E-state index contributed by atoms with van der Waals surface area (Å²) >= 11 is 0. The zero-order valence-corrected chi connectivity index (χ0v) is 10.9. The van der Waals surface area contributed by atoms with Gasteiger partial charge in [-0.05, 0) is 18.2 Å². The molecule has 5 heteroatoms. The molecule has 0 fully saturated rings. The number of aromatic nitrogens is 2. The van der Waals surface area contributed by atoms with Gasteiger partial charge in [-0.3, -0.25) is 4.79 Å². The number of carbonyl (C=O) groups excluding carboxylic acids is 1. The molecule has 0 atom stereocenters. The molecule has 98 valence electrons. The highest BCUT2D eigenvalue weighted by Crippen LogP contribution is 2.21. The number of rotatable bonds is 4. The monoisotopic (exact) mass is 257 g/mol. The molecule has 0 aliphatic rings. The summed E-state index contributed by atoms with van der Waals surface area (Å²) in [6, 6.07) is 11.1. The van der Waals surface area contributed by atoms with E-state index in [9.17, 15) is 4.79 Å². The zero-order valence-electron chi connectivity index (χ0n) is 10.9. The third-order valence-corrected chi connectivity index (χ3v) is 2.61. The van der Waals surface area contributed by atoms with Crippen molar-refractivity contribution in [3.8, 4) is 17.1 Å². The van der Waals surface area contributed by atoms with Crippen LogP contribution in [0, 0.1) is 0 Å². The molecule has 1 heterocycles. The number of benzene rings is 1. The predicted octanol–water partition coefficient (Wildman–Crippen LogP) is 2.50. The highest BCUT2D eigenvalue weighted by atomic mass is 16.5. The Hall–Kier alpha value is -2.43. The summed E-state index contributed by atoms with van der Waals surface area (Å²) in [5.41, 5.74) is 2.37. The van der Waals surface area contributed by atoms with Gasteiger partial charge in [0.2, 0.25) is 11.8 Å². The Morgan fingerprint density at radius 3 is 2.74 bits per heavy atom. The van der Waals surface area contributed by atoms with E-state index in [4.69, 9.17) is 4.74 Å². The molecule has 0 spiro atoms. The van der Waals surface area contributed by atoms with Crippen LogP contribution in [0.5, 0.6) is 5.88 Å². The lowest BCUT2D eigenvalue weighted by atomic mass is 10.1. The van der Waals surface area contributed by atoms with Crippen LogP contribution in [0.25, 0.3) is 11.3 Å². The van der Waals surface area contributed by atoms with Gasteiger partial charge >= 0.3 is 0 Å². The molecule has 5 nitrogen and oxygen atoms in total. The summed E-state index contributed by atoms with van der Waals surface area (Å²) in [5, 5.41) is 10.8. The van der Waals surface area contributed by atoms with E-state index >= 15 is 0 Å². The van der Waals surface area contributed by atoms with Crippen LogP contribution in [0.3, 0.4) is 0 Å². The van der Waals surface area contributed by atoms with Gasteiger partial charge in [-0.15, -0.1) is 10.2 Å². The number of anilines is 1. The highest BCUT2D eigenvalue weighted by Gasteiger charge is 2.04. The molecule has 19 heavy (non-hydrogen) atoms. The number of carbonyl (C=O) groups is 1. The molecule has 0 saturated heterocycles. The molecule has 0 aliphatic carbocycles. The minimum Gasteiger partial charge on any atom is -0.480 e. The van der Waals surface area contributed by atoms with Gasteiger partial charge in [0.05, 0.1) is 12.8 Å². The van der Waals surface area contributed by atoms with E-state index in [0.29, 0.717) is 12.3 Å². The van der Waals surface area contributed by atoms with Crippen molar-refractivity contribution in [1.82, 2.24) is 10.2 Å². The first-order valence-electron chi connectivity index (χ1n) is 6.01. The van der Waals surface area contributed by atoms with Crippen molar-refractivity contribution >= 4 is 11.6 Å². The third-order valence-electron chi connectivity index (χ3n) is 2.61. The summed E-state index contributed by atoms with van der Waals surface area (Å²) in [7, 11) is 1.55. The first-order chi connectivity index (χ1) is 9.22. The summed E-state index contributed by atoms with van der Waals surface area (Å²) in [6.07, 6.45) is 0.451. The van der Waals surface area contributed by atoms with Crippen molar-refractivity contribution in [3.05, 3.63) is 36.4 Å². The standard InChI is InChI=1S/C14H15N3O2/c1-3-13(18)15-11-6-4-5-10(9-11)12-7-8-14(19-2)17-16-12/h4-9H,3H2,1-2H3,(H,15,18). The molecular weight excluding hydrogens is 242 g/mol. The number of nitrogens with one attached hydrogen (secondary N) is 1. The van der Waals surface area contributed by atoms with E-state index in [2.05, 4.69) is 15.5 Å². The average Bonchev–Trinajstić information content (AvgIpc) is 2.47. The molecule has 1 aromatic carbocycles.